The van der Waals surface area contributed by atoms with Gasteiger partial charge < -0.3 is 10.6 Å². The molecule has 3 heterocycles. The van der Waals surface area contributed by atoms with E-state index in [-0.39, 0.29) is 11.0 Å². The minimum atomic E-state index is -0.152. The van der Waals surface area contributed by atoms with Crippen LogP contribution >= 0.6 is 0 Å². The van der Waals surface area contributed by atoms with Crippen molar-refractivity contribution in [3.8, 4) is 11.3 Å². The van der Waals surface area contributed by atoms with Crippen molar-refractivity contribution in [1.29, 1.82) is 0 Å². The van der Waals surface area contributed by atoms with E-state index in [4.69, 9.17) is 9.97 Å². The molecule has 0 fully saturated rings. The molecule has 39 heavy (non-hydrogen) atoms. The Hall–Kier alpha value is -4.04. The van der Waals surface area contributed by atoms with Crippen LogP contribution in [-0.4, -0.2) is 45.2 Å². The van der Waals surface area contributed by atoms with Crippen molar-refractivity contribution < 1.29 is 0 Å². The van der Waals surface area contributed by atoms with Crippen LogP contribution in [0.2, 0.25) is 0 Å². The summed E-state index contributed by atoms with van der Waals surface area (Å²) in [5.41, 5.74) is 2.63. The predicted molar refractivity (Wildman–Crippen MR) is 157 cm³/mol. The highest BCUT2D eigenvalue weighted by molar-refractivity contribution is 5.63. The fourth-order valence-corrected chi connectivity index (χ4v) is 5.04. The Morgan fingerprint density at radius 2 is 1.69 bits per heavy atom. The van der Waals surface area contributed by atoms with E-state index in [0.717, 1.165) is 37.3 Å². The lowest BCUT2D eigenvalue weighted by atomic mass is 9.84. The highest BCUT2D eigenvalue weighted by atomic mass is 16.1. The number of anilines is 3. The van der Waals surface area contributed by atoms with Crippen LogP contribution < -0.4 is 21.1 Å². The fourth-order valence-electron chi connectivity index (χ4n) is 5.04. The molecule has 8 nitrogen and oxygen atoms in total. The maximum Gasteiger partial charge on any atom is 0.255 e. The molecule has 0 amide bonds. The third kappa shape index (κ3) is 6.52. The first kappa shape index (κ1) is 26.6. The molecule has 0 bridgehead atoms. The van der Waals surface area contributed by atoms with Crippen molar-refractivity contribution in [2.45, 2.75) is 46.2 Å². The Morgan fingerprint density at radius 1 is 0.949 bits per heavy atom. The first-order chi connectivity index (χ1) is 18.9. The molecule has 0 spiro atoms. The van der Waals surface area contributed by atoms with Gasteiger partial charge >= 0.3 is 0 Å². The quantitative estimate of drug-likeness (QED) is 0.306. The molecule has 0 radical (unpaired) electrons. The van der Waals surface area contributed by atoms with Gasteiger partial charge in [0, 0.05) is 48.9 Å². The Balaban J connectivity index is 1.47. The summed E-state index contributed by atoms with van der Waals surface area (Å²) in [5, 5.41) is 6.90. The molecule has 8 heteroatoms. The zero-order chi connectivity index (χ0) is 27.2. The standard InChI is InChI=1S/C31H37N7O/c1-23(2)32-19-16-31(3)21-37(27-15-18-34-29(36-27)33-17-14-24-10-6-4-7-11-24)30-35-26(20-28(39)38(30)22-31)25-12-8-5-9-13-25/h4-13,15,18,20,23,32H,14,16-17,19,21-22H2,1-3H3,(H,33,34,36). The topological polar surface area (TPSA) is 88.0 Å². The monoisotopic (exact) mass is 523 g/mol. The summed E-state index contributed by atoms with van der Waals surface area (Å²) in [6.07, 6.45) is 3.56. The summed E-state index contributed by atoms with van der Waals surface area (Å²) < 4.78 is 1.80. The molecular weight excluding hydrogens is 486 g/mol. The number of hydrogen-bond acceptors (Lipinski definition) is 7. The van der Waals surface area contributed by atoms with Crippen LogP contribution in [0.15, 0.2) is 83.8 Å². The Kier molecular flexibility index (Phi) is 8.02. The summed E-state index contributed by atoms with van der Waals surface area (Å²) in [4.78, 5) is 29.9. The van der Waals surface area contributed by atoms with Gasteiger partial charge in [0.25, 0.3) is 5.56 Å². The third-order valence-corrected chi connectivity index (χ3v) is 7.12. The molecule has 2 N–H and O–H groups in total. The van der Waals surface area contributed by atoms with E-state index >= 15 is 0 Å². The molecular formula is C31H37N7O. The van der Waals surface area contributed by atoms with Gasteiger partial charge in [-0.1, -0.05) is 81.4 Å². The van der Waals surface area contributed by atoms with Gasteiger partial charge in [-0.2, -0.15) is 4.98 Å². The van der Waals surface area contributed by atoms with Crippen LogP contribution in [0.1, 0.15) is 32.8 Å². The van der Waals surface area contributed by atoms with E-state index in [9.17, 15) is 4.79 Å². The normalized spacial score (nSPS) is 16.8. The molecule has 5 rings (SSSR count). The molecule has 4 aromatic rings. The number of rotatable bonds is 10. The van der Waals surface area contributed by atoms with Gasteiger partial charge in [-0.25, -0.2) is 9.97 Å². The molecule has 1 aliphatic rings. The van der Waals surface area contributed by atoms with Gasteiger partial charge in [0.05, 0.1) is 5.69 Å². The van der Waals surface area contributed by atoms with Gasteiger partial charge in [-0.3, -0.25) is 14.3 Å². The Labute approximate surface area is 230 Å². The van der Waals surface area contributed by atoms with E-state index in [1.807, 2.05) is 54.6 Å². The Bertz CT molecular complexity index is 1440. The lowest BCUT2D eigenvalue weighted by Crippen LogP contribution is -2.48. The van der Waals surface area contributed by atoms with E-state index < -0.39 is 0 Å². The molecule has 2 aromatic carbocycles. The lowest BCUT2D eigenvalue weighted by Gasteiger charge is -2.42. The number of aromatic nitrogens is 4. The van der Waals surface area contributed by atoms with Gasteiger partial charge in [0.2, 0.25) is 11.9 Å². The smallest absolute Gasteiger partial charge is 0.255 e. The number of fused-ring (bicyclic) bond motifs is 1. The molecule has 2 aromatic heterocycles. The molecule has 1 atom stereocenters. The number of nitrogens with zero attached hydrogens (tertiary/aromatic N) is 5. The van der Waals surface area contributed by atoms with E-state index in [2.05, 4.69) is 53.4 Å². The first-order valence-corrected chi connectivity index (χ1v) is 13.7. The lowest BCUT2D eigenvalue weighted by molar-refractivity contribution is 0.230. The number of hydrogen-bond donors (Lipinski definition) is 2. The van der Waals surface area contributed by atoms with Crippen molar-refractivity contribution in [3.05, 3.63) is 94.9 Å². The number of nitrogens with one attached hydrogen (secondary N) is 2. The molecule has 0 saturated carbocycles. The van der Waals surface area contributed by atoms with Crippen molar-refractivity contribution in [2.24, 2.45) is 5.41 Å². The highest BCUT2D eigenvalue weighted by Gasteiger charge is 2.37. The first-order valence-electron chi connectivity index (χ1n) is 13.7. The molecule has 0 saturated heterocycles. The van der Waals surface area contributed by atoms with Gasteiger partial charge in [-0.05, 0) is 31.0 Å². The average Bonchev–Trinajstić information content (AvgIpc) is 2.94. The van der Waals surface area contributed by atoms with Crippen LogP contribution in [0.4, 0.5) is 17.7 Å². The Morgan fingerprint density at radius 3 is 2.44 bits per heavy atom. The van der Waals surface area contributed by atoms with Crippen LogP contribution in [0.5, 0.6) is 0 Å². The van der Waals surface area contributed by atoms with Crippen LogP contribution in [0, 0.1) is 5.41 Å². The average molecular weight is 524 g/mol. The second-order valence-electron chi connectivity index (χ2n) is 10.9. The van der Waals surface area contributed by atoms with Crippen molar-refractivity contribution in [1.82, 2.24) is 24.8 Å². The second-order valence-corrected chi connectivity index (χ2v) is 10.9. The van der Waals surface area contributed by atoms with E-state index in [1.165, 1.54) is 5.56 Å². The fraction of sp³-hybridized carbons (Fsp3) is 0.355. The van der Waals surface area contributed by atoms with Crippen LogP contribution in [0.3, 0.4) is 0 Å². The van der Waals surface area contributed by atoms with Crippen molar-refractivity contribution in [3.63, 3.8) is 0 Å². The zero-order valence-corrected chi connectivity index (χ0v) is 23.0. The van der Waals surface area contributed by atoms with E-state index in [1.54, 1.807) is 16.8 Å². The largest absolute Gasteiger partial charge is 0.354 e. The second kappa shape index (κ2) is 11.8. The van der Waals surface area contributed by atoms with Crippen molar-refractivity contribution in [2.75, 3.05) is 29.9 Å². The van der Waals surface area contributed by atoms with E-state index in [0.29, 0.717) is 36.7 Å². The summed E-state index contributed by atoms with van der Waals surface area (Å²) in [7, 11) is 0. The minimum Gasteiger partial charge on any atom is -0.354 e. The van der Waals surface area contributed by atoms with Gasteiger partial charge in [0.1, 0.15) is 5.82 Å². The molecule has 1 unspecified atom stereocenters. The van der Waals surface area contributed by atoms with Crippen LogP contribution in [0.25, 0.3) is 11.3 Å². The van der Waals surface area contributed by atoms with Crippen LogP contribution in [-0.2, 0) is 13.0 Å². The highest BCUT2D eigenvalue weighted by Crippen LogP contribution is 2.37. The molecule has 1 aliphatic heterocycles. The predicted octanol–water partition coefficient (Wildman–Crippen LogP) is 4.90. The maximum absolute atomic E-state index is 13.5. The summed E-state index contributed by atoms with van der Waals surface area (Å²) in [5.74, 6) is 1.90. The molecule has 0 aliphatic carbocycles. The summed E-state index contributed by atoms with van der Waals surface area (Å²) in [6.45, 7) is 9.43. The van der Waals surface area contributed by atoms with Gasteiger partial charge in [-0.15, -0.1) is 0 Å². The number of benzene rings is 2. The third-order valence-electron chi connectivity index (χ3n) is 7.12. The van der Waals surface area contributed by atoms with Crippen molar-refractivity contribution >= 4 is 17.7 Å². The zero-order valence-electron chi connectivity index (χ0n) is 23.0. The van der Waals surface area contributed by atoms with Gasteiger partial charge in [0.15, 0.2) is 0 Å². The SMILES string of the molecule is CC(C)NCCC1(C)CN(c2ccnc(NCCc3ccccc3)n2)c2nc(-c3ccccc3)cc(=O)n2C1. The minimum absolute atomic E-state index is 0.0538. The summed E-state index contributed by atoms with van der Waals surface area (Å²) in [6, 6.07) is 24.1. The molecule has 202 valence electrons. The maximum atomic E-state index is 13.5. The summed E-state index contributed by atoms with van der Waals surface area (Å²) >= 11 is 0.